The zero-order chi connectivity index (χ0) is 19.7. The molecular weight excluding hydrogens is 390 g/mol. The maximum Gasteiger partial charge on any atom is 0.322 e. The number of ether oxygens (including phenoxy) is 2. The van der Waals surface area contributed by atoms with E-state index in [1.807, 2.05) is 13.8 Å². The molecule has 0 aromatic carbocycles. The van der Waals surface area contributed by atoms with Gasteiger partial charge in [0.2, 0.25) is 10.3 Å². The predicted octanol–water partition coefficient (Wildman–Crippen LogP) is 1.18. The molecule has 2 atom stereocenters. The highest BCUT2D eigenvalue weighted by atomic mass is 32.2. The quantitative estimate of drug-likeness (QED) is 0.582. The second kappa shape index (κ2) is 7.85. The number of imidazole rings is 1. The molecule has 0 amide bonds. The molecule has 0 saturated carbocycles. The minimum atomic E-state index is -2.51. The van der Waals surface area contributed by atoms with Crippen LogP contribution in [0, 0.1) is 13.8 Å². The molecule has 0 bridgehead atoms. The molecule has 27 heavy (non-hydrogen) atoms. The summed E-state index contributed by atoms with van der Waals surface area (Å²) in [5, 5.41) is 0.185. The van der Waals surface area contributed by atoms with E-state index in [9.17, 15) is 13.0 Å². The fraction of sp³-hybridized carbons (Fsp3) is 0.353. The van der Waals surface area contributed by atoms with Gasteiger partial charge in [0.1, 0.15) is 22.4 Å². The molecule has 0 radical (unpaired) electrons. The minimum Gasteiger partial charge on any atom is -0.609 e. The first-order chi connectivity index (χ1) is 12.9. The zero-order valence-corrected chi connectivity index (χ0v) is 16.9. The first kappa shape index (κ1) is 19.6. The number of aryl methyl sites for hydroxylation is 1. The lowest BCUT2D eigenvalue weighted by molar-refractivity contribution is 0.193. The fourth-order valence-electron chi connectivity index (χ4n) is 2.95. The molecule has 144 valence electrons. The van der Waals surface area contributed by atoms with Gasteiger partial charge < -0.3 is 14.0 Å². The molecule has 1 aliphatic carbocycles. The third-order valence-electron chi connectivity index (χ3n) is 4.31. The minimum absolute atomic E-state index is 0.0146. The summed E-state index contributed by atoms with van der Waals surface area (Å²) in [6.45, 7) is 3.75. The fourth-order valence-corrected chi connectivity index (χ4v) is 4.73. The second-order valence-corrected chi connectivity index (χ2v) is 8.23. The van der Waals surface area contributed by atoms with Crippen LogP contribution in [0.25, 0.3) is 6.08 Å². The molecule has 1 aliphatic rings. The van der Waals surface area contributed by atoms with Gasteiger partial charge in [0.15, 0.2) is 5.75 Å². The first-order valence-corrected chi connectivity index (χ1v) is 10.4. The van der Waals surface area contributed by atoms with Gasteiger partial charge in [0, 0.05) is 35.6 Å². The Bertz CT molecular complexity index is 1040. The number of fused-ring (bicyclic) bond motifs is 1. The summed E-state index contributed by atoms with van der Waals surface area (Å²) in [5.74, 6) is 0.834. The van der Waals surface area contributed by atoms with Crippen molar-refractivity contribution in [3.63, 3.8) is 0 Å². The normalized spacial score (nSPS) is 16.9. The molecule has 3 rings (SSSR count). The van der Waals surface area contributed by atoms with E-state index in [4.69, 9.17) is 9.47 Å². The summed E-state index contributed by atoms with van der Waals surface area (Å²) in [7, 11) is 0.482. The summed E-state index contributed by atoms with van der Waals surface area (Å²) >= 11 is -1.54. The summed E-state index contributed by atoms with van der Waals surface area (Å²) in [5.41, 5.74) is 3.05. The monoisotopic (exact) mass is 409 g/mol. The summed E-state index contributed by atoms with van der Waals surface area (Å²) in [4.78, 5) is 11.6. The average Bonchev–Trinajstić information content (AvgIpc) is 3.07. The molecule has 8 nitrogen and oxygen atoms in total. The average molecular weight is 409 g/mol. The smallest absolute Gasteiger partial charge is 0.322 e. The zero-order valence-electron chi connectivity index (χ0n) is 15.3. The van der Waals surface area contributed by atoms with Crippen LogP contribution in [-0.2, 0) is 32.0 Å². The van der Waals surface area contributed by atoms with E-state index in [0.29, 0.717) is 17.1 Å². The van der Waals surface area contributed by atoms with Crippen molar-refractivity contribution in [3.05, 3.63) is 40.5 Å². The summed E-state index contributed by atoms with van der Waals surface area (Å²) in [6.07, 6.45) is 4.23. The van der Waals surface area contributed by atoms with Crippen LogP contribution in [0.1, 0.15) is 28.2 Å². The number of pyridine rings is 1. The van der Waals surface area contributed by atoms with Crippen LogP contribution in [-0.4, -0.2) is 53.1 Å². The Kier molecular flexibility index (Phi) is 5.70. The van der Waals surface area contributed by atoms with Crippen molar-refractivity contribution < 1.29 is 22.4 Å². The molecule has 1 unspecified atom stereocenters. The number of aromatic nitrogens is 3. The van der Waals surface area contributed by atoms with E-state index < -0.39 is 27.6 Å². The predicted molar refractivity (Wildman–Crippen MR) is 102 cm³/mol. The van der Waals surface area contributed by atoms with Crippen LogP contribution in [0.3, 0.4) is 0 Å². The topological polar surface area (TPSA) is 117 Å². The van der Waals surface area contributed by atoms with Crippen molar-refractivity contribution >= 4 is 32.4 Å². The van der Waals surface area contributed by atoms with Gasteiger partial charge in [-0.25, -0.2) is 0 Å². The molecule has 10 heteroatoms. The van der Waals surface area contributed by atoms with E-state index >= 15 is 0 Å². The van der Waals surface area contributed by atoms with E-state index in [-0.39, 0.29) is 21.5 Å². The Morgan fingerprint density at radius 2 is 2.07 bits per heavy atom. The van der Waals surface area contributed by atoms with Gasteiger partial charge >= 0.3 is 5.16 Å². The molecule has 2 aromatic rings. The van der Waals surface area contributed by atoms with E-state index in [0.717, 1.165) is 11.1 Å². The molecule has 0 aliphatic heterocycles. The van der Waals surface area contributed by atoms with Crippen molar-refractivity contribution in [3.8, 4) is 5.75 Å². The van der Waals surface area contributed by atoms with Crippen LogP contribution < -0.4 is 4.74 Å². The Morgan fingerprint density at radius 3 is 2.70 bits per heavy atom. The van der Waals surface area contributed by atoms with Crippen molar-refractivity contribution in [2.75, 3.05) is 14.2 Å². The lowest BCUT2D eigenvalue weighted by atomic mass is 10.1. The molecular formula is C17H19N3O5S2. The van der Waals surface area contributed by atoms with Crippen molar-refractivity contribution in [2.45, 2.75) is 30.9 Å². The number of aromatic amines is 1. The largest absolute Gasteiger partial charge is 0.609 e. The molecule has 0 spiro atoms. The van der Waals surface area contributed by atoms with Crippen molar-refractivity contribution in [1.29, 1.82) is 0 Å². The van der Waals surface area contributed by atoms with Crippen LogP contribution >= 0.6 is 0 Å². The number of H-pyrrole nitrogens is 1. The summed E-state index contributed by atoms with van der Waals surface area (Å²) in [6, 6.07) is 0. The van der Waals surface area contributed by atoms with Crippen LogP contribution in [0.2, 0.25) is 0 Å². The number of hydrogen-bond acceptors (Lipinski definition) is 7. The molecule has 2 heterocycles. The summed E-state index contributed by atoms with van der Waals surface area (Å²) < 4.78 is 46.6. The number of rotatable bonds is 5. The van der Waals surface area contributed by atoms with Gasteiger partial charge in [-0.3, -0.25) is 9.97 Å². The Balaban J connectivity index is 1.94. The first-order valence-electron chi connectivity index (χ1n) is 8.02. The van der Waals surface area contributed by atoms with Gasteiger partial charge in [-0.05, 0) is 26.0 Å². The molecule has 1 N–H and O–H groups in total. The lowest BCUT2D eigenvalue weighted by Gasteiger charge is -2.14. The van der Waals surface area contributed by atoms with Crippen molar-refractivity contribution in [1.82, 2.24) is 15.0 Å². The van der Waals surface area contributed by atoms with Crippen LogP contribution in [0.5, 0.6) is 5.75 Å². The highest BCUT2D eigenvalue weighted by molar-refractivity contribution is 7.90. The maximum absolute atomic E-state index is 12.8. The standard InChI is InChI=1S/C17H19N3O5S2/c1-9-7-18-12(10(2)15(9)25-4)8-26(21)17-19-11-5-6-13(24-3)16(27(22)23)14(11)20-17/h5-7,13H,8H2,1-4H3,(H,19,20)/t13-,26?/m1/s1. The number of nitrogens with one attached hydrogen (secondary N) is 1. The van der Waals surface area contributed by atoms with E-state index in [1.54, 1.807) is 25.5 Å². The van der Waals surface area contributed by atoms with Gasteiger partial charge in [-0.1, -0.05) is 0 Å². The highest BCUT2D eigenvalue weighted by Gasteiger charge is 2.30. The van der Waals surface area contributed by atoms with E-state index in [2.05, 4.69) is 15.0 Å². The molecule has 0 saturated heterocycles. The maximum atomic E-state index is 12.8. The molecule has 0 fully saturated rings. The third kappa shape index (κ3) is 3.65. The van der Waals surface area contributed by atoms with Gasteiger partial charge in [0.05, 0.1) is 18.5 Å². The number of nitrogens with zero attached hydrogens (tertiary/aromatic N) is 2. The Labute approximate surface area is 161 Å². The number of methoxy groups -OCH3 is 2. The lowest BCUT2D eigenvalue weighted by Crippen LogP contribution is -2.26. The van der Waals surface area contributed by atoms with Gasteiger partial charge in [-0.15, -0.1) is 0 Å². The van der Waals surface area contributed by atoms with Gasteiger partial charge in [-0.2, -0.15) is 13.4 Å². The van der Waals surface area contributed by atoms with Gasteiger partial charge in [0.25, 0.3) is 0 Å². The van der Waals surface area contributed by atoms with Crippen LogP contribution in [0.15, 0.2) is 17.4 Å². The SMILES string of the molecule is COc1c(C)cnc(C[S+]([O-])c2nc3c([nH]2)C=C[C@@H](OC)C3=S(=O)=O)c1C. The number of hydrogen-bond donors (Lipinski definition) is 1. The second-order valence-electron chi connectivity index (χ2n) is 5.95. The third-order valence-corrected chi connectivity index (χ3v) is 6.25. The Morgan fingerprint density at radius 1 is 1.33 bits per heavy atom. The van der Waals surface area contributed by atoms with Crippen LogP contribution in [0.4, 0.5) is 0 Å². The Hall–Kier alpha value is -2.14. The van der Waals surface area contributed by atoms with E-state index in [1.165, 1.54) is 7.11 Å². The van der Waals surface area contributed by atoms with Crippen molar-refractivity contribution in [2.24, 2.45) is 0 Å². The highest BCUT2D eigenvalue weighted by Crippen LogP contribution is 2.27. The molecule has 2 aromatic heterocycles.